The highest BCUT2D eigenvalue weighted by Crippen LogP contribution is 2.21. The van der Waals surface area contributed by atoms with Crippen LogP contribution in [0.2, 0.25) is 10.2 Å². The maximum Gasteiger partial charge on any atom is 0.259 e. The highest BCUT2D eigenvalue weighted by molar-refractivity contribution is 7.15. The van der Waals surface area contributed by atoms with Gasteiger partial charge in [0.05, 0.1) is 10.6 Å². The Hall–Kier alpha value is -1.17. The van der Waals surface area contributed by atoms with Gasteiger partial charge in [-0.1, -0.05) is 23.2 Å². The van der Waals surface area contributed by atoms with E-state index in [4.69, 9.17) is 23.2 Å². The van der Waals surface area contributed by atoms with Crippen LogP contribution < -0.4 is 5.32 Å². The lowest BCUT2D eigenvalue weighted by atomic mass is 10.2. The van der Waals surface area contributed by atoms with Gasteiger partial charge in [0, 0.05) is 17.3 Å². The van der Waals surface area contributed by atoms with E-state index in [-0.39, 0.29) is 21.6 Å². The summed E-state index contributed by atoms with van der Waals surface area (Å²) in [7, 11) is 0. The van der Waals surface area contributed by atoms with Crippen molar-refractivity contribution in [2.75, 3.05) is 5.32 Å². The Balaban J connectivity index is 2.22. The van der Waals surface area contributed by atoms with Gasteiger partial charge in [-0.15, -0.1) is 11.3 Å². The fourth-order valence-corrected chi connectivity index (χ4v) is 2.17. The average molecular weight is 288 g/mol. The van der Waals surface area contributed by atoms with E-state index in [2.05, 4.69) is 15.3 Å². The summed E-state index contributed by atoms with van der Waals surface area (Å²) >= 11 is 13.0. The molecule has 0 atom stereocenters. The molecule has 17 heavy (non-hydrogen) atoms. The fraction of sp³-hybridized carbons (Fsp3) is 0.100. The number of halogens is 2. The number of anilines is 1. The zero-order valence-electron chi connectivity index (χ0n) is 8.70. The first-order valence-electron chi connectivity index (χ1n) is 4.61. The molecule has 0 fully saturated rings. The molecule has 0 radical (unpaired) electrons. The molecule has 0 aliphatic heterocycles. The zero-order chi connectivity index (χ0) is 12.4. The van der Waals surface area contributed by atoms with Gasteiger partial charge in [0.25, 0.3) is 5.91 Å². The highest BCUT2D eigenvalue weighted by atomic mass is 35.5. The minimum atomic E-state index is -0.353. The van der Waals surface area contributed by atoms with E-state index >= 15 is 0 Å². The van der Waals surface area contributed by atoms with Crippen molar-refractivity contribution < 1.29 is 4.79 Å². The lowest BCUT2D eigenvalue weighted by Gasteiger charge is -2.03. The van der Waals surface area contributed by atoms with Crippen LogP contribution in [0.5, 0.6) is 0 Å². The molecule has 2 aromatic rings. The van der Waals surface area contributed by atoms with Crippen molar-refractivity contribution in [1.29, 1.82) is 0 Å². The minimum absolute atomic E-state index is 0.217. The van der Waals surface area contributed by atoms with Gasteiger partial charge in [-0.2, -0.15) is 0 Å². The summed E-state index contributed by atoms with van der Waals surface area (Å²) in [5.41, 5.74) is 0.277. The summed E-state index contributed by atoms with van der Waals surface area (Å²) in [5.74, 6) is -0.353. The molecular weight excluding hydrogens is 281 g/mol. The molecule has 2 rings (SSSR count). The Bertz CT molecular complexity index is 570. The molecule has 1 amide bonds. The SMILES string of the molecule is Cc1cnc(NC(=O)c2cc(Cl)ncc2Cl)s1. The van der Waals surface area contributed by atoms with Crippen LogP contribution in [-0.2, 0) is 0 Å². The van der Waals surface area contributed by atoms with Gasteiger partial charge in [0.1, 0.15) is 5.15 Å². The van der Waals surface area contributed by atoms with Crippen LogP contribution in [-0.4, -0.2) is 15.9 Å². The smallest absolute Gasteiger partial charge is 0.259 e. The Morgan fingerprint density at radius 1 is 1.35 bits per heavy atom. The third-order valence-electron chi connectivity index (χ3n) is 1.91. The van der Waals surface area contributed by atoms with Gasteiger partial charge < -0.3 is 0 Å². The molecule has 4 nitrogen and oxygen atoms in total. The molecule has 0 spiro atoms. The summed E-state index contributed by atoms with van der Waals surface area (Å²) in [5, 5.41) is 3.64. The maximum absolute atomic E-state index is 11.9. The van der Waals surface area contributed by atoms with Crippen molar-refractivity contribution in [3.63, 3.8) is 0 Å². The fourth-order valence-electron chi connectivity index (χ4n) is 1.16. The van der Waals surface area contributed by atoms with E-state index in [1.165, 1.54) is 23.6 Å². The lowest BCUT2D eigenvalue weighted by Crippen LogP contribution is -2.12. The summed E-state index contributed by atoms with van der Waals surface area (Å²) in [4.78, 5) is 20.7. The molecule has 0 aliphatic rings. The molecule has 1 N–H and O–H groups in total. The van der Waals surface area contributed by atoms with Crippen molar-refractivity contribution in [2.24, 2.45) is 0 Å². The third-order valence-corrected chi connectivity index (χ3v) is 3.24. The highest BCUT2D eigenvalue weighted by Gasteiger charge is 2.13. The Kier molecular flexibility index (Phi) is 3.61. The second-order valence-electron chi connectivity index (χ2n) is 3.22. The number of nitrogens with zero attached hydrogens (tertiary/aromatic N) is 2. The Labute approximate surface area is 112 Å². The third kappa shape index (κ3) is 2.94. The van der Waals surface area contributed by atoms with Crippen molar-refractivity contribution in [1.82, 2.24) is 9.97 Å². The maximum atomic E-state index is 11.9. The van der Waals surface area contributed by atoms with Crippen LogP contribution in [0.15, 0.2) is 18.5 Å². The first-order chi connectivity index (χ1) is 8.06. The molecule has 0 saturated heterocycles. The molecule has 2 aromatic heterocycles. The van der Waals surface area contributed by atoms with E-state index in [0.717, 1.165) is 4.88 Å². The topological polar surface area (TPSA) is 54.9 Å². The molecule has 0 unspecified atom stereocenters. The van der Waals surface area contributed by atoms with Crippen LogP contribution >= 0.6 is 34.5 Å². The zero-order valence-corrected chi connectivity index (χ0v) is 11.0. The van der Waals surface area contributed by atoms with Crippen molar-refractivity contribution in [2.45, 2.75) is 6.92 Å². The molecule has 0 aromatic carbocycles. The molecule has 7 heteroatoms. The molecule has 2 heterocycles. The lowest BCUT2D eigenvalue weighted by molar-refractivity contribution is 0.102. The van der Waals surface area contributed by atoms with Gasteiger partial charge in [-0.25, -0.2) is 9.97 Å². The number of hydrogen-bond donors (Lipinski definition) is 1. The molecule has 0 bridgehead atoms. The number of thiazole rings is 1. The molecule has 0 aliphatic carbocycles. The number of aryl methyl sites for hydroxylation is 1. The van der Waals surface area contributed by atoms with E-state index in [9.17, 15) is 4.79 Å². The van der Waals surface area contributed by atoms with Crippen LogP contribution in [0.4, 0.5) is 5.13 Å². The molecule has 88 valence electrons. The average Bonchev–Trinajstić information content (AvgIpc) is 2.67. The van der Waals surface area contributed by atoms with Gasteiger partial charge in [-0.3, -0.25) is 10.1 Å². The summed E-state index contributed by atoms with van der Waals surface area (Å²) in [6.45, 7) is 1.91. The second-order valence-corrected chi connectivity index (χ2v) is 5.25. The standard InChI is InChI=1S/C10H7Cl2N3OS/c1-5-3-14-10(17-5)15-9(16)6-2-8(12)13-4-7(6)11/h2-4H,1H3,(H,14,15,16). The first-order valence-corrected chi connectivity index (χ1v) is 6.18. The number of amides is 1. The van der Waals surface area contributed by atoms with Crippen LogP contribution in [0.25, 0.3) is 0 Å². The van der Waals surface area contributed by atoms with Gasteiger partial charge >= 0.3 is 0 Å². The van der Waals surface area contributed by atoms with Gasteiger partial charge in [0.2, 0.25) is 0 Å². The van der Waals surface area contributed by atoms with Crippen molar-refractivity contribution >= 4 is 45.6 Å². The molecular formula is C10H7Cl2N3OS. The van der Waals surface area contributed by atoms with Gasteiger partial charge in [0.15, 0.2) is 5.13 Å². The predicted molar refractivity (Wildman–Crippen MR) is 69.1 cm³/mol. The van der Waals surface area contributed by atoms with Gasteiger partial charge in [-0.05, 0) is 13.0 Å². The Morgan fingerprint density at radius 3 is 2.76 bits per heavy atom. The Morgan fingerprint density at radius 2 is 2.12 bits per heavy atom. The van der Waals surface area contributed by atoms with E-state index in [1.807, 2.05) is 6.92 Å². The van der Waals surface area contributed by atoms with E-state index in [0.29, 0.717) is 5.13 Å². The number of rotatable bonds is 2. The number of hydrogen-bond acceptors (Lipinski definition) is 4. The van der Waals surface area contributed by atoms with Crippen molar-refractivity contribution in [3.8, 4) is 0 Å². The number of carbonyl (C=O) groups excluding carboxylic acids is 1. The summed E-state index contributed by atoms with van der Waals surface area (Å²) < 4.78 is 0. The van der Waals surface area contributed by atoms with E-state index in [1.54, 1.807) is 6.20 Å². The summed E-state index contributed by atoms with van der Waals surface area (Å²) in [6.07, 6.45) is 3.02. The number of pyridine rings is 1. The van der Waals surface area contributed by atoms with Crippen molar-refractivity contribution in [3.05, 3.63) is 39.1 Å². The molecule has 0 saturated carbocycles. The largest absolute Gasteiger partial charge is 0.298 e. The van der Waals surface area contributed by atoms with Crippen LogP contribution in [0.3, 0.4) is 0 Å². The summed E-state index contributed by atoms with van der Waals surface area (Å²) in [6, 6.07) is 1.42. The number of carbonyl (C=O) groups is 1. The van der Waals surface area contributed by atoms with Crippen LogP contribution in [0, 0.1) is 6.92 Å². The van der Waals surface area contributed by atoms with E-state index < -0.39 is 0 Å². The van der Waals surface area contributed by atoms with Crippen LogP contribution in [0.1, 0.15) is 15.2 Å². The predicted octanol–water partition coefficient (Wildman–Crippen LogP) is 3.41. The monoisotopic (exact) mass is 287 g/mol. The number of aromatic nitrogens is 2. The minimum Gasteiger partial charge on any atom is -0.298 e. The first kappa shape index (κ1) is 12.3. The quantitative estimate of drug-likeness (QED) is 0.862. The number of nitrogens with one attached hydrogen (secondary N) is 1. The second kappa shape index (κ2) is 5.00. The normalized spacial score (nSPS) is 10.3.